The molecule has 1 atom stereocenters. The molecule has 1 N–H and O–H groups in total. The van der Waals surface area contributed by atoms with E-state index in [9.17, 15) is 4.79 Å². The molecule has 1 unspecified atom stereocenters. The number of benzene rings is 1. The maximum absolute atomic E-state index is 12.3. The minimum Gasteiger partial charge on any atom is -0.494 e. The molecule has 0 saturated carbocycles. The molecule has 0 aliphatic heterocycles. The molecule has 6 heteroatoms. The van der Waals surface area contributed by atoms with Crippen molar-refractivity contribution in [1.82, 2.24) is 10.2 Å². The van der Waals surface area contributed by atoms with Gasteiger partial charge in [0.2, 0.25) is 0 Å². The van der Waals surface area contributed by atoms with Crippen molar-refractivity contribution < 1.29 is 13.9 Å². The number of hydrogen-bond acceptors (Lipinski definition) is 4. The normalized spacial score (nSPS) is 11.7. The second-order valence-electron chi connectivity index (χ2n) is 5.58. The lowest BCUT2D eigenvalue weighted by atomic mass is 10.1. The van der Waals surface area contributed by atoms with Crippen molar-refractivity contribution in [2.45, 2.75) is 19.4 Å². The number of rotatable bonds is 8. The van der Waals surface area contributed by atoms with Crippen LogP contribution < -0.4 is 10.1 Å². The van der Waals surface area contributed by atoms with Crippen molar-refractivity contribution in [3.63, 3.8) is 0 Å². The molecule has 0 bridgehead atoms. The van der Waals surface area contributed by atoms with Gasteiger partial charge in [-0.15, -0.1) is 12.4 Å². The van der Waals surface area contributed by atoms with Gasteiger partial charge in [0.15, 0.2) is 0 Å². The Labute approximate surface area is 149 Å². The quantitative estimate of drug-likeness (QED) is 0.789. The maximum atomic E-state index is 12.3. The fourth-order valence-electron chi connectivity index (χ4n) is 2.23. The number of carbonyl (C=O) groups excluding carboxylic acids is 1. The van der Waals surface area contributed by atoms with E-state index in [1.165, 1.54) is 0 Å². The first kappa shape index (κ1) is 20.1. The summed E-state index contributed by atoms with van der Waals surface area (Å²) < 4.78 is 11.0. The van der Waals surface area contributed by atoms with Gasteiger partial charge in [-0.2, -0.15) is 0 Å². The summed E-state index contributed by atoms with van der Waals surface area (Å²) in [6.45, 7) is 3.22. The Morgan fingerprint density at radius 1 is 1.25 bits per heavy atom. The van der Waals surface area contributed by atoms with Gasteiger partial charge < -0.3 is 14.5 Å². The Kier molecular flexibility index (Phi) is 8.36. The maximum Gasteiger partial charge on any atom is 0.251 e. The van der Waals surface area contributed by atoms with Crippen molar-refractivity contribution in [3.05, 3.63) is 54.0 Å². The Morgan fingerprint density at radius 3 is 2.50 bits per heavy atom. The van der Waals surface area contributed by atoms with Crippen LogP contribution >= 0.6 is 12.4 Å². The van der Waals surface area contributed by atoms with Gasteiger partial charge in [0.25, 0.3) is 5.91 Å². The van der Waals surface area contributed by atoms with E-state index in [0.29, 0.717) is 18.7 Å². The van der Waals surface area contributed by atoms with Gasteiger partial charge in [-0.05, 0) is 56.9 Å². The van der Waals surface area contributed by atoms with Crippen LogP contribution in [-0.2, 0) is 0 Å². The molecule has 0 radical (unpaired) electrons. The molecule has 0 saturated heterocycles. The van der Waals surface area contributed by atoms with Crippen LogP contribution in [0, 0.1) is 0 Å². The lowest BCUT2D eigenvalue weighted by molar-refractivity contribution is 0.0939. The zero-order valence-electron chi connectivity index (χ0n) is 14.3. The molecule has 0 aliphatic carbocycles. The van der Waals surface area contributed by atoms with Crippen molar-refractivity contribution in [1.29, 1.82) is 0 Å². The molecule has 132 valence electrons. The number of carbonyl (C=O) groups is 1. The lowest BCUT2D eigenvalue weighted by Gasteiger charge is -2.22. The lowest BCUT2D eigenvalue weighted by Crippen LogP contribution is -2.34. The van der Waals surface area contributed by atoms with E-state index in [2.05, 4.69) is 12.2 Å². The van der Waals surface area contributed by atoms with E-state index in [0.717, 1.165) is 17.9 Å². The topological polar surface area (TPSA) is 54.7 Å². The molecule has 1 aromatic carbocycles. The molecule has 1 amide bonds. The molecule has 0 fully saturated rings. The predicted molar refractivity (Wildman–Crippen MR) is 96.9 cm³/mol. The highest BCUT2D eigenvalue weighted by atomic mass is 35.5. The van der Waals surface area contributed by atoms with Crippen LogP contribution in [0.4, 0.5) is 0 Å². The summed E-state index contributed by atoms with van der Waals surface area (Å²) in [6, 6.07) is 11.0. The van der Waals surface area contributed by atoms with Crippen LogP contribution in [-0.4, -0.2) is 38.1 Å². The Morgan fingerprint density at radius 2 is 1.96 bits per heavy atom. The summed E-state index contributed by atoms with van der Waals surface area (Å²) >= 11 is 0. The van der Waals surface area contributed by atoms with Gasteiger partial charge in [0, 0.05) is 12.1 Å². The summed E-state index contributed by atoms with van der Waals surface area (Å²) in [5.41, 5.74) is 0.616. The third kappa shape index (κ3) is 5.58. The zero-order chi connectivity index (χ0) is 16.7. The molecular weight excluding hydrogens is 328 g/mol. The second kappa shape index (κ2) is 10.0. The van der Waals surface area contributed by atoms with Gasteiger partial charge in [-0.3, -0.25) is 9.69 Å². The molecular formula is C18H25ClN2O3. The number of ether oxygens (including phenoxy) is 1. The van der Waals surface area contributed by atoms with Crippen LogP contribution in [0.2, 0.25) is 0 Å². The highest BCUT2D eigenvalue weighted by molar-refractivity contribution is 5.94. The van der Waals surface area contributed by atoms with Gasteiger partial charge in [0.1, 0.15) is 11.5 Å². The van der Waals surface area contributed by atoms with E-state index in [1.54, 1.807) is 18.4 Å². The van der Waals surface area contributed by atoms with Crippen molar-refractivity contribution in [2.75, 3.05) is 27.2 Å². The van der Waals surface area contributed by atoms with Crippen LogP contribution in [0.3, 0.4) is 0 Å². The summed E-state index contributed by atoms with van der Waals surface area (Å²) in [4.78, 5) is 14.3. The van der Waals surface area contributed by atoms with E-state index in [4.69, 9.17) is 9.15 Å². The number of likely N-dealkylation sites (N-methyl/N-ethyl adjacent to an activating group) is 1. The monoisotopic (exact) mass is 352 g/mol. The van der Waals surface area contributed by atoms with Crippen LogP contribution in [0.5, 0.6) is 5.75 Å². The molecule has 1 heterocycles. The third-order valence-corrected chi connectivity index (χ3v) is 3.54. The first-order valence-corrected chi connectivity index (χ1v) is 7.82. The van der Waals surface area contributed by atoms with Gasteiger partial charge in [-0.25, -0.2) is 0 Å². The Bertz CT molecular complexity index is 597. The number of furan rings is 1. The summed E-state index contributed by atoms with van der Waals surface area (Å²) in [7, 11) is 3.92. The first-order chi connectivity index (χ1) is 11.1. The standard InChI is InChI=1S/C18H24N2O3.ClH/c1-4-11-22-15-9-7-14(8-10-15)18(21)19-13-16(20(2)3)17-6-5-12-23-17;/h5-10,12,16H,4,11,13H2,1-3H3,(H,19,21);1H. The van der Waals surface area contributed by atoms with Gasteiger partial charge >= 0.3 is 0 Å². The van der Waals surface area contributed by atoms with Gasteiger partial charge in [0.05, 0.1) is 18.9 Å². The fourth-order valence-corrected chi connectivity index (χ4v) is 2.23. The zero-order valence-corrected chi connectivity index (χ0v) is 15.1. The number of nitrogens with zero attached hydrogens (tertiary/aromatic N) is 1. The van der Waals surface area contributed by atoms with Crippen LogP contribution in [0.15, 0.2) is 47.1 Å². The minimum absolute atomic E-state index is 0. The highest BCUT2D eigenvalue weighted by Gasteiger charge is 2.18. The fraction of sp³-hybridized carbons (Fsp3) is 0.389. The first-order valence-electron chi connectivity index (χ1n) is 7.82. The van der Waals surface area contributed by atoms with E-state index in [-0.39, 0.29) is 24.4 Å². The van der Waals surface area contributed by atoms with E-state index < -0.39 is 0 Å². The summed E-state index contributed by atoms with van der Waals surface area (Å²) in [5.74, 6) is 1.51. The highest BCUT2D eigenvalue weighted by Crippen LogP contribution is 2.18. The summed E-state index contributed by atoms with van der Waals surface area (Å²) in [5, 5.41) is 2.95. The smallest absolute Gasteiger partial charge is 0.251 e. The molecule has 2 aromatic rings. The van der Waals surface area contributed by atoms with Crippen molar-refractivity contribution in [3.8, 4) is 5.75 Å². The Balaban J connectivity index is 0.00000288. The number of nitrogens with one attached hydrogen (secondary N) is 1. The number of hydrogen-bond donors (Lipinski definition) is 1. The molecule has 0 aliphatic rings. The number of halogens is 1. The SMILES string of the molecule is CCCOc1ccc(C(=O)NCC(c2ccco2)N(C)C)cc1.Cl. The number of amides is 1. The molecule has 24 heavy (non-hydrogen) atoms. The molecule has 1 aromatic heterocycles. The second-order valence-corrected chi connectivity index (χ2v) is 5.58. The van der Waals surface area contributed by atoms with Crippen molar-refractivity contribution >= 4 is 18.3 Å². The third-order valence-electron chi connectivity index (χ3n) is 3.54. The average molecular weight is 353 g/mol. The van der Waals surface area contributed by atoms with Crippen LogP contribution in [0.1, 0.15) is 35.5 Å². The van der Waals surface area contributed by atoms with Crippen LogP contribution in [0.25, 0.3) is 0 Å². The predicted octanol–water partition coefficient (Wildman–Crippen LogP) is 3.52. The minimum atomic E-state index is -0.106. The molecule has 0 spiro atoms. The van der Waals surface area contributed by atoms with Crippen molar-refractivity contribution in [2.24, 2.45) is 0 Å². The van der Waals surface area contributed by atoms with Gasteiger partial charge in [-0.1, -0.05) is 6.92 Å². The Hall–Kier alpha value is -1.98. The van der Waals surface area contributed by atoms with E-state index in [1.807, 2.05) is 43.3 Å². The average Bonchev–Trinajstić information content (AvgIpc) is 3.07. The summed E-state index contributed by atoms with van der Waals surface area (Å²) in [6.07, 6.45) is 2.60. The largest absolute Gasteiger partial charge is 0.494 e. The molecule has 5 nitrogen and oxygen atoms in total. The molecule has 2 rings (SSSR count). The van der Waals surface area contributed by atoms with E-state index >= 15 is 0 Å².